The smallest absolute Gasteiger partial charge is 0.119 e. The van der Waals surface area contributed by atoms with Crippen LogP contribution in [0.3, 0.4) is 0 Å². The van der Waals surface area contributed by atoms with Crippen molar-refractivity contribution >= 4 is 11.6 Å². The van der Waals surface area contributed by atoms with E-state index < -0.39 is 0 Å². The maximum absolute atomic E-state index is 6.70. The second-order valence-electron chi connectivity index (χ2n) is 5.74. The van der Waals surface area contributed by atoms with Crippen molar-refractivity contribution in [1.29, 1.82) is 0 Å². The molecule has 0 spiro atoms. The zero-order chi connectivity index (χ0) is 12.5. The van der Waals surface area contributed by atoms with Crippen molar-refractivity contribution in [1.82, 2.24) is 0 Å². The van der Waals surface area contributed by atoms with Gasteiger partial charge in [0.1, 0.15) is 5.75 Å². The summed E-state index contributed by atoms with van der Waals surface area (Å²) in [5.41, 5.74) is 1.26. The van der Waals surface area contributed by atoms with Gasteiger partial charge >= 0.3 is 0 Å². The molecule has 0 aromatic heterocycles. The molecule has 2 aliphatic rings. The summed E-state index contributed by atoms with van der Waals surface area (Å²) in [7, 11) is 0. The van der Waals surface area contributed by atoms with Crippen LogP contribution in [-0.2, 0) is 0 Å². The third-order valence-corrected chi connectivity index (χ3v) is 5.25. The van der Waals surface area contributed by atoms with E-state index in [0.29, 0.717) is 5.92 Å². The summed E-state index contributed by atoms with van der Waals surface area (Å²) in [6.07, 6.45) is 5.60. The highest BCUT2D eigenvalue weighted by Crippen LogP contribution is 2.54. The first kappa shape index (κ1) is 12.3. The maximum atomic E-state index is 6.70. The Morgan fingerprint density at radius 3 is 2.56 bits per heavy atom. The summed E-state index contributed by atoms with van der Waals surface area (Å²) < 4.78 is 5.47. The molecule has 18 heavy (non-hydrogen) atoms. The van der Waals surface area contributed by atoms with E-state index in [1.54, 1.807) is 0 Å². The molecule has 2 heteroatoms. The second kappa shape index (κ2) is 5.13. The number of fused-ring (bicyclic) bond motifs is 2. The molecule has 2 saturated carbocycles. The van der Waals surface area contributed by atoms with Crippen LogP contribution < -0.4 is 4.74 Å². The zero-order valence-corrected chi connectivity index (χ0v) is 11.7. The van der Waals surface area contributed by atoms with E-state index in [9.17, 15) is 0 Å². The molecule has 0 aliphatic heterocycles. The fraction of sp³-hybridized carbons (Fsp3) is 0.625. The summed E-state index contributed by atoms with van der Waals surface area (Å²) in [4.78, 5) is 0. The molecule has 98 valence electrons. The molecule has 1 aromatic rings. The van der Waals surface area contributed by atoms with Gasteiger partial charge in [0, 0.05) is 0 Å². The summed E-state index contributed by atoms with van der Waals surface area (Å²) in [6, 6.07) is 8.35. The van der Waals surface area contributed by atoms with Gasteiger partial charge in [-0.1, -0.05) is 18.6 Å². The van der Waals surface area contributed by atoms with Crippen LogP contribution in [0.2, 0.25) is 0 Å². The summed E-state index contributed by atoms with van der Waals surface area (Å²) in [5, 5.41) is 0.191. The van der Waals surface area contributed by atoms with Crippen LogP contribution in [0.4, 0.5) is 0 Å². The quantitative estimate of drug-likeness (QED) is 0.710. The van der Waals surface area contributed by atoms with Gasteiger partial charge < -0.3 is 4.74 Å². The van der Waals surface area contributed by atoms with E-state index in [1.165, 1.54) is 31.2 Å². The van der Waals surface area contributed by atoms with E-state index in [2.05, 4.69) is 12.1 Å². The number of halogens is 1. The van der Waals surface area contributed by atoms with Crippen molar-refractivity contribution in [3.8, 4) is 5.75 Å². The predicted octanol–water partition coefficient (Wildman–Crippen LogP) is 4.80. The molecule has 4 atom stereocenters. The summed E-state index contributed by atoms with van der Waals surface area (Å²) in [6.45, 7) is 2.73. The molecule has 1 nitrogen and oxygen atoms in total. The number of rotatable bonds is 4. The van der Waals surface area contributed by atoms with E-state index in [1.807, 2.05) is 19.1 Å². The van der Waals surface area contributed by atoms with Crippen LogP contribution in [0, 0.1) is 17.8 Å². The maximum Gasteiger partial charge on any atom is 0.119 e. The SMILES string of the molecule is CCOc1ccc(C(Cl)C2CC3CCC2C3)cc1. The van der Waals surface area contributed by atoms with Crippen molar-refractivity contribution < 1.29 is 4.74 Å². The Labute approximate surface area is 114 Å². The Morgan fingerprint density at radius 2 is 2.00 bits per heavy atom. The molecule has 0 N–H and O–H groups in total. The third-order valence-electron chi connectivity index (χ3n) is 4.68. The highest BCUT2D eigenvalue weighted by molar-refractivity contribution is 6.21. The minimum absolute atomic E-state index is 0.191. The molecule has 2 bridgehead atoms. The molecular weight excluding hydrogens is 244 g/mol. The predicted molar refractivity (Wildman–Crippen MR) is 75.1 cm³/mol. The van der Waals surface area contributed by atoms with E-state index >= 15 is 0 Å². The van der Waals surface area contributed by atoms with Gasteiger partial charge in [-0.3, -0.25) is 0 Å². The number of hydrogen-bond donors (Lipinski definition) is 0. The highest BCUT2D eigenvalue weighted by Gasteiger charge is 2.42. The molecule has 2 fully saturated rings. The van der Waals surface area contributed by atoms with Crippen molar-refractivity contribution in [3.05, 3.63) is 29.8 Å². The van der Waals surface area contributed by atoms with Crippen LogP contribution in [0.25, 0.3) is 0 Å². The third kappa shape index (κ3) is 2.25. The fourth-order valence-corrected chi connectivity index (χ4v) is 4.27. The monoisotopic (exact) mass is 264 g/mol. The molecular formula is C16H21ClO. The van der Waals surface area contributed by atoms with Gasteiger partial charge in [-0.25, -0.2) is 0 Å². The standard InChI is InChI=1S/C16H21ClO/c1-2-18-14-7-5-12(6-8-14)16(17)15-10-11-3-4-13(15)9-11/h5-8,11,13,15-16H,2-4,9-10H2,1H3. The summed E-state index contributed by atoms with van der Waals surface area (Å²) in [5.74, 6) is 3.48. The van der Waals surface area contributed by atoms with Crippen molar-refractivity contribution in [3.63, 3.8) is 0 Å². The van der Waals surface area contributed by atoms with Crippen LogP contribution in [-0.4, -0.2) is 6.61 Å². The summed E-state index contributed by atoms with van der Waals surface area (Å²) >= 11 is 6.70. The van der Waals surface area contributed by atoms with E-state index in [-0.39, 0.29) is 5.38 Å². The normalized spacial score (nSPS) is 31.6. The first-order valence-electron chi connectivity index (χ1n) is 7.14. The molecule has 3 rings (SSSR count). The Kier molecular flexibility index (Phi) is 3.52. The Bertz CT molecular complexity index is 400. The van der Waals surface area contributed by atoms with Gasteiger partial charge in [-0.15, -0.1) is 11.6 Å². The topological polar surface area (TPSA) is 9.23 Å². The highest BCUT2D eigenvalue weighted by atomic mass is 35.5. The van der Waals surface area contributed by atoms with E-state index in [0.717, 1.165) is 24.2 Å². The first-order chi connectivity index (χ1) is 8.78. The van der Waals surface area contributed by atoms with Crippen molar-refractivity contribution in [2.45, 2.75) is 38.0 Å². The Balaban J connectivity index is 1.70. The lowest BCUT2D eigenvalue weighted by Crippen LogP contribution is -2.15. The van der Waals surface area contributed by atoms with Crippen LogP contribution >= 0.6 is 11.6 Å². The molecule has 0 heterocycles. The molecule has 0 radical (unpaired) electrons. The second-order valence-corrected chi connectivity index (χ2v) is 6.21. The Morgan fingerprint density at radius 1 is 1.22 bits per heavy atom. The largest absolute Gasteiger partial charge is 0.494 e. The molecule has 2 aliphatic carbocycles. The van der Waals surface area contributed by atoms with Gasteiger partial charge in [-0.2, -0.15) is 0 Å². The first-order valence-corrected chi connectivity index (χ1v) is 7.58. The van der Waals surface area contributed by atoms with Gasteiger partial charge in [0.15, 0.2) is 0 Å². The average Bonchev–Trinajstić information content (AvgIpc) is 3.01. The average molecular weight is 265 g/mol. The lowest BCUT2D eigenvalue weighted by molar-refractivity contribution is 0.322. The van der Waals surface area contributed by atoms with Gasteiger partial charge in [0.25, 0.3) is 0 Å². The minimum Gasteiger partial charge on any atom is -0.494 e. The molecule has 0 saturated heterocycles. The zero-order valence-electron chi connectivity index (χ0n) is 10.9. The molecule has 0 amide bonds. The lowest BCUT2D eigenvalue weighted by atomic mass is 9.84. The Hall–Kier alpha value is -0.690. The fourth-order valence-electron chi connectivity index (χ4n) is 3.81. The number of benzene rings is 1. The van der Waals surface area contributed by atoms with Crippen LogP contribution in [0.1, 0.15) is 43.5 Å². The van der Waals surface area contributed by atoms with Gasteiger partial charge in [0.2, 0.25) is 0 Å². The number of hydrogen-bond acceptors (Lipinski definition) is 1. The van der Waals surface area contributed by atoms with Gasteiger partial charge in [-0.05, 0) is 61.6 Å². The molecule has 4 unspecified atom stereocenters. The van der Waals surface area contributed by atoms with E-state index in [4.69, 9.17) is 16.3 Å². The van der Waals surface area contributed by atoms with Crippen molar-refractivity contribution in [2.24, 2.45) is 17.8 Å². The van der Waals surface area contributed by atoms with Crippen molar-refractivity contribution in [2.75, 3.05) is 6.61 Å². The minimum atomic E-state index is 0.191. The molecule has 1 aromatic carbocycles. The van der Waals surface area contributed by atoms with Crippen LogP contribution in [0.15, 0.2) is 24.3 Å². The lowest BCUT2D eigenvalue weighted by Gasteiger charge is -2.26. The number of alkyl halides is 1. The van der Waals surface area contributed by atoms with Crippen LogP contribution in [0.5, 0.6) is 5.75 Å². The van der Waals surface area contributed by atoms with Gasteiger partial charge in [0.05, 0.1) is 12.0 Å². The number of ether oxygens (including phenoxy) is 1.